The number of ether oxygens (including phenoxy) is 1. The van der Waals surface area contributed by atoms with E-state index in [0.29, 0.717) is 33.4 Å². The zero-order valence-corrected chi connectivity index (χ0v) is 19.4. The number of hydrogen-bond acceptors (Lipinski definition) is 8. The minimum atomic E-state index is -2.69. The maximum atomic E-state index is 11.9. The lowest BCUT2D eigenvalue weighted by molar-refractivity contribution is 0.177. The molecule has 30 heavy (non-hydrogen) atoms. The van der Waals surface area contributed by atoms with Crippen molar-refractivity contribution in [3.63, 3.8) is 0 Å². The van der Waals surface area contributed by atoms with Crippen LogP contribution in [0, 0.1) is 0 Å². The van der Waals surface area contributed by atoms with Crippen molar-refractivity contribution < 1.29 is 18.8 Å². The van der Waals surface area contributed by atoms with Crippen molar-refractivity contribution in [1.82, 2.24) is 14.7 Å². The molecule has 0 aliphatic carbocycles. The van der Waals surface area contributed by atoms with Crippen LogP contribution in [0.1, 0.15) is 13.8 Å². The first-order chi connectivity index (χ1) is 14.0. The Morgan fingerprint density at radius 1 is 1.37 bits per heavy atom. The van der Waals surface area contributed by atoms with E-state index in [4.69, 9.17) is 4.74 Å². The lowest BCUT2D eigenvalue weighted by Gasteiger charge is -2.18. The summed E-state index contributed by atoms with van der Waals surface area (Å²) >= 11 is 3.38. The molecule has 1 heterocycles. The van der Waals surface area contributed by atoms with Crippen molar-refractivity contribution >= 4 is 60.7 Å². The lowest BCUT2D eigenvalue weighted by Crippen LogP contribution is -2.33. The molecule has 0 saturated carbocycles. The number of methoxy groups -OCH3 is 1. The Labute approximate surface area is 184 Å². The third kappa shape index (κ3) is 7.04. The van der Waals surface area contributed by atoms with Crippen LogP contribution in [0.2, 0.25) is 0 Å². The number of carbonyl (C=O) groups is 1. The van der Waals surface area contributed by atoms with Crippen LogP contribution < -0.4 is 25.4 Å². The topological polar surface area (TPSA) is 138 Å². The van der Waals surface area contributed by atoms with Gasteiger partial charge in [0.1, 0.15) is 11.6 Å². The van der Waals surface area contributed by atoms with Gasteiger partial charge in [0.2, 0.25) is 5.95 Å². The second-order valence-electron chi connectivity index (χ2n) is 6.67. The SMILES string of the molecule is C=S(C)(=O)NC(=O)Nc1ccc(Nc2ncc(Br)c(N[C@H](C)[C@@H](C)O)n2)cc1OC. The van der Waals surface area contributed by atoms with Crippen molar-refractivity contribution in [2.45, 2.75) is 26.0 Å². The van der Waals surface area contributed by atoms with Gasteiger partial charge in [0, 0.05) is 33.9 Å². The summed E-state index contributed by atoms with van der Waals surface area (Å²) in [4.78, 5) is 20.5. The normalized spacial score (nSPS) is 14.7. The Hall–Kier alpha value is -2.57. The molecule has 0 fully saturated rings. The molecular formula is C18H25BrN6O4S. The first kappa shape index (κ1) is 23.7. The molecule has 0 radical (unpaired) electrons. The van der Waals surface area contributed by atoms with Gasteiger partial charge in [-0.2, -0.15) is 4.98 Å². The van der Waals surface area contributed by atoms with Gasteiger partial charge in [-0.15, -0.1) is 0 Å². The Kier molecular flexibility index (Phi) is 7.87. The van der Waals surface area contributed by atoms with Gasteiger partial charge >= 0.3 is 6.03 Å². The Morgan fingerprint density at radius 3 is 2.67 bits per heavy atom. The second kappa shape index (κ2) is 9.96. The van der Waals surface area contributed by atoms with Crippen LogP contribution in [0.25, 0.3) is 0 Å². The maximum absolute atomic E-state index is 11.9. The van der Waals surface area contributed by atoms with Gasteiger partial charge in [0.05, 0.1) is 29.4 Å². The van der Waals surface area contributed by atoms with Gasteiger partial charge < -0.3 is 25.8 Å². The van der Waals surface area contributed by atoms with Crippen LogP contribution in [0.5, 0.6) is 5.75 Å². The van der Waals surface area contributed by atoms with Crippen molar-refractivity contribution in [3.8, 4) is 5.75 Å². The van der Waals surface area contributed by atoms with Crippen LogP contribution in [-0.4, -0.2) is 56.7 Å². The summed E-state index contributed by atoms with van der Waals surface area (Å²) < 4.78 is 19.8. The molecule has 1 aromatic carbocycles. The number of anilines is 4. The number of carbonyl (C=O) groups excluding carboxylic acids is 1. The summed E-state index contributed by atoms with van der Waals surface area (Å²) in [6, 6.07) is 4.10. The van der Waals surface area contributed by atoms with E-state index in [9.17, 15) is 14.1 Å². The molecule has 1 aromatic heterocycles. The Bertz CT molecular complexity index is 1020. The highest BCUT2D eigenvalue weighted by molar-refractivity contribution is 9.10. The molecule has 0 aliphatic rings. The van der Waals surface area contributed by atoms with E-state index in [-0.39, 0.29) is 6.04 Å². The van der Waals surface area contributed by atoms with Crippen LogP contribution in [-0.2, 0) is 9.71 Å². The average molecular weight is 501 g/mol. The summed E-state index contributed by atoms with van der Waals surface area (Å²) in [6.07, 6.45) is 2.35. The summed E-state index contributed by atoms with van der Waals surface area (Å²) in [7, 11) is -1.23. The van der Waals surface area contributed by atoms with Crippen LogP contribution in [0.3, 0.4) is 0 Å². The zero-order chi connectivity index (χ0) is 22.5. The molecule has 0 spiro atoms. The number of nitrogens with zero attached hydrogens (tertiary/aromatic N) is 2. The average Bonchev–Trinajstić information content (AvgIpc) is 2.64. The number of aliphatic hydroxyl groups is 1. The molecule has 0 bridgehead atoms. The number of urea groups is 1. The highest BCUT2D eigenvalue weighted by Crippen LogP contribution is 2.30. The molecule has 5 N–H and O–H groups in total. The van der Waals surface area contributed by atoms with Crippen LogP contribution >= 0.6 is 15.9 Å². The molecular weight excluding hydrogens is 476 g/mol. The van der Waals surface area contributed by atoms with E-state index in [2.05, 4.69) is 52.4 Å². The number of amides is 2. The summed E-state index contributed by atoms with van der Waals surface area (Å²) in [5, 5.41) is 18.4. The first-order valence-electron chi connectivity index (χ1n) is 8.81. The molecule has 164 valence electrons. The summed E-state index contributed by atoms with van der Waals surface area (Å²) in [5.74, 6) is 4.60. The summed E-state index contributed by atoms with van der Waals surface area (Å²) in [6.45, 7) is 3.52. The van der Waals surface area contributed by atoms with Crippen molar-refractivity contribution in [2.75, 3.05) is 29.3 Å². The quantitative estimate of drug-likeness (QED) is 0.348. The number of rotatable bonds is 8. The number of benzene rings is 1. The van der Waals surface area contributed by atoms with Gasteiger partial charge in [0.25, 0.3) is 0 Å². The number of aliphatic hydroxyl groups excluding tert-OH is 1. The number of aromatic nitrogens is 2. The minimum absolute atomic E-state index is 0.211. The van der Waals surface area contributed by atoms with Crippen LogP contribution in [0.4, 0.5) is 27.9 Å². The maximum Gasteiger partial charge on any atom is 0.330 e. The van der Waals surface area contributed by atoms with Crippen LogP contribution in [0.15, 0.2) is 28.9 Å². The molecule has 0 aliphatic heterocycles. The first-order valence-corrected chi connectivity index (χ1v) is 11.7. The molecule has 0 saturated heterocycles. The predicted octanol–water partition coefficient (Wildman–Crippen LogP) is 2.56. The molecule has 10 nitrogen and oxygen atoms in total. The Morgan fingerprint density at radius 2 is 2.07 bits per heavy atom. The van der Waals surface area contributed by atoms with E-state index >= 15 is 0 Å². The summed E-state index contributed by atoms with van der Waals surface area (Å²) in [5.41, 5.74) is 1.00. The van der Waals surface area contributed by atoms with E-state index < -0.39 is 21.8 Å². The van der Waals surface area contributed by atoms with Gasteiger partial charge in [-0.1, -0.05) is 0 Å². The molecule has 1 unspecified atom stereocenters. The fourth-order valence-electron chi connectivity index (χ4n) is 2.21. The second-order valence-corrected chi connectivity index (χ2v) is 9.73. The third-order valence-electron chi connectivity index (χ3n) is 3.85. The standard InChI is InChI=1S/C18H25BrN6O4S/c1-10(11(2)26)21-16-13(19)9-20-17(24-16)22-12-6-7-14(15(8-12)29-3)23-18(27)25-30(4,5)28/h6-11,26H,4H2,1-3,5H3,(H2,20,21,22,24)(H2,23,25,27,28)/t10-,11-,30?/m1/s1. The zero-order valence-electron chi connectivity index (χ0n) is 17.0. The fourth-order valence-corrected chi connectivity index (χ4v) is 2.96. The number of hydrogen-bond donors (Lipinski definition) is 5. The highest BCUT2D eigenvalue weighted by atomic mass is 79.9. The van der Waals surface area contributed by atoms with Gasteiger partial charge in [-0.25, -0.2) is 14.0 Å². The number of nitrogens with one attached hydrogen (secondary N) is 4. The van der Waals surface area contributed by atoms with Crippen molar-refractivity contribution in [2.24, 2.45) is 0 Å². The Balaban J connectivity index is 2.18. The van der Waals surface area contributed by atoms with Crippen molar-refractivity contribution in [3.05, 3.63) is 28.9 Å². The van der Waals surface area contributed by atoms with Crippen molar-refractivity contribution in [1.29, 1.82) is 0 Å². The van der Waals surface area contributed by atoms with E-state index in [0.717, 1.165) is 0 Å². The molecule has 2 amide bonds. The molecule has 2 aromatic rings. The van der Waals surface area contributed by atoms with Gasteiger partial charge in [-0.3, -0.25) is 4.72 Å². The monoisotopic (exact) mass is 500 g/mol. The lowest BCUT2D eigenvalue weighted by atomic mass is 10.2. The van der Waals surface area contributed by atoms with Gasteiger partial charge in [-0.05, 0) is 47.8 Å². The molecule has 2 rings (SSSR count). The van der Waals surface area contributed by atoms with Gasteiger partial charge in [0.15, 0.2) is 0 Å². The minimum Gasteiger partial charge on any atom is -0.494 e. The predicted molar refractivity (Wildman–Crippen MR) is 124 cm³/mol. The smallest absolute Gasteiger partial charge is 0.330 e. The third-order valence-corrected chi connectivity index (χ3v) is 5.04. The molecule has 12 heteroatoms. The van der Waals surface area contributed by atoms with E-state index in [1.807, 2.05) is 6.92 Å². The largest absolute Gasteiger partial charge is 0.494 e. The fraction of sp³-hybridized carbons (Fsp3) is 0.333. The van der Waals surface area contributed by atoms with E-state index in [1.165, 1.54) is 13.4 Å². The number of halogens is 1. The van der Waals surface area contributed by atoms with E-state index in [1.54, 1.807) is 31.3 Å². The highest BCUT2D eigenvalue weighted by Gasteiger charge is 2.14. The molecule has 3 atom stereocenters.